The second kappa shape index (κ2) is 7.04. The molecule has 0 saturated carbocycles. The Balaban J connectivity index is 1.43. The van der Waals surface area contributed by atoms with Crippen LogP contribution in [0.1, 0.15) is 35.8 Å². The first-order valence-corrected chi connectivity index (χ1v) is 10.0. The van der Waals surface area contributed by atoms with Crippen molar-refractivity contribution in [1.82, 2.24) is 20.5 Å². The molecule has 0 bridgehead atoms. The molecule has 0 fully saturated rings. The van der Waals surface area contributed by atoms with Crippen LogP contribution in [0.15, 0.2) is 47.3 Å². The summed E-state index contributed by atoms with van der Waals surface area (Å²) in [5.41, 5.74) is 3.50. The monoisotopic (exact) mass is 406 g/mol. The molecule has 0 radical (unpaired) electrons. The maximum atomic E-state index is 12.8. The number of amides is 1. The number of carbonyl (C=O) groups is 1. The molecule has 29 heavy (non-hydrogen) atoms. The minimum atomic E-state index is -0.253. The summed E-state index contributed by atoms with van der Waals surface area (Å²) in [6.45, 7) is 0. The lowest BCUT2D eigenvalue weighted by Gasteiger charge is -2.24. The average molecular weight is 407 g/mol. The Morgan fingerprint density at radius 1 is 1.14 bits per heavy atom. The van der Waals surface area contributed by atoms with Gasteiger partial charge in [0.15, 0.2) is 0 Å². The summed E-state index contributed by atoms with van der Waals surface area (Å²) in [4.78, 5) is 28.2. The number of carbonyl (C=O) groups excluding carboxylic acids is 1. The fourth-order valence-corrected chi connectivity index (χ4v) is 4.52. The first-order chi connectivity index (χ1) is 14.1. The zero-order valence-electron chi connectivity index (χ0n) is 15.6. The van der Waals surface area contributed by atoms with Gasteiger partial charge in [-0.3, -0.25) is 9.59 Å². The van der Waals surface area contributed by atoms with E-state index in [9.17, 15) is 9.59 Å². The van der Waals surface area contributed by atoms with Crippen molar-refractivity contribution in [3.05, 3.63) is 74.8 Å². The minimum Gasteiger partial charge on any atom is -0.355 e. The number of hydrogen-bond acceptors (Lipinski definition) is 3. The predicted octanol–water partition coefficient (Wildman–Crippen LogP) is 3.79. The molecule has 0 spiro atoms. The highest BCUT2D eigenvalue weighted by atomic mass is 35.5. The van der Waals surface area contributed by atoms with E-state index in [4.69, 9.17) is 11.6 Å². The normalized spacial score (nSPS) is 16.1. The second-order valence-electron chi connectivity index (χ2n) is 7.41. The Labute approximate surface area is 171 Å². The molecule has 4 aromatic rings. The van der Waals surface area contributed by atoms with Gasteiger partial charge >= 0.3 is 0 Å². The van der Waals surface area contributed by atoms with E-state index < -0.39 is 0 Å². The number of aryl methyl sites for hydroxylation is 1. The van der Waals surface area contributed by atoms with E-state index in [1.807, 2.05) is 24.3 Å². The molecule has 0 aliphatic heterocycles. The van der Waals surface area contributed by atoms with Gasteiger partial charge in [-0.1, -0.05) is 41.9 Å². The van der Waals surface area contributed by atoms with Crippen molar-refractivity contribution in [3.63, 3.8) is 0 Å². The first kappa shape index (κ1) is 17.9. The van der Waals surface area contributed by atoms with Gasteiger partial charge in [-0.15, -0.1) is 0 Å². The van der Waals surface area contributed by atoms with Crippen molar-refractivity contribution < 1.29 is 4.79 Å². The molecular weight excluding hydrogens is 388 g/mol. The van der Waals surface area contributed by atoms with E-state index in [1.165, 1.54) is 5.56 Å². The summed E-state index contributed by atoms with van der Waals surface area (Å²) < 4.78 is 0. The van der Waals surface area contributed by atoms with Crippen LogP contribution in [0.25, 0.3) is 21.7 Å². The molecule has 2 heterocycles. The quantitative estimate of drug-likeness (QED) is 0.483. The zero-order chi connectivity index (χ0) is 20.0. The van der Waals surface area contributed by atoms with Crippen LogP contribution in [0.4, 0.5) is 0 Å². The van der Waals surface area contributed by atoms with Crippen LogP contribution in [-0.4, -0.2) is 21.1 Å². The number of hydrogen-bond donors (Lipinski definition) is 3. The average Bonchev–Trinajstić information content (AvgIpc) is 3.12. The molecule has 3 N–H and O–H groups in total. The largest absolute Gasteiger partial charge is 0.355 e. The van der Waals surface area contributed by atoms with E-state index in [0.717, 1.165) is 35.9 Å². The SMILES string of the molecule is O=C(Cc1n[nH]c(=O)c2ccccc12)NC1CCCc2c1[nH]c1c(Cl)cccc21. The van der Waals surface area contributed by atoms with E-state index >= 15 is 0 Å². The lowest BCUT2D eigenvalue weighted by atomic mass is 9.91. The molecule has 0 saturated heterocycles. The van der Waals surface area contributed by atoms with Gasteiger partial charge in [-0.05, 0) is 37.0 Å². The smallest absolute Gasteiger partial charge is 0.272 e. The number of aromatic nitrogens is 3. The number of rotatable bonds is 3. The van der Waals surface area contributed by atoms with Gasteiger partial charge < -0.3 is 10.3 Å². The number of nitrogens with zero attached hydrogens (tertiary/aromatic N) is 1. The molecule has 1 amide bonds. The van der Waals surface area contributed by atoms with Gasteiger partial charge in [0.1, 0.15) is 0 Å². The molecule has 146 valence electrons. The summed E-state index contributed by atoms with van der Waals surface area (Å²) >= 11 is 6.35. The second-order valence-corrected chi connectivity index (χ2v) is 7.82. The number of halogens is 1. The third-order valence-electron chi connectivity index (χ3n) is 5.63. The van der Waals surface area contributed by atoms with Gasteiger partial charge in [0.2, 0.25) is 5.91 Å². The molecule has 7 heteroatoms. The van der Waals surface area contributed by atoms with E-state index in [-0.39, 0.29) is 23.9 Å². The summed E-state index contributed by atoms with van der Waals surface area (Å²) in [5, 5.41) is 12.8. The Morgan fingerprint density at radius 2 is 1.93 bits per heavy atom. The predicted molar refractivity (Wildman–Crippen MR) is 113 cm³/mol. The zero-order valence-corrected chi connectivity index (χ0v) is 16.3. The maximum absolute atomic E-state index is 12.8. The van der Waals surface area contributed by atoms with Crippen molar-refractivity contribution in [1.29, 1.82) is 0 Å². The minimum absolute atomic E-state index is 0.0938. The van der Waals surface area contributed by atoms with Crippen molar-refractivity contribution in [3.8, 4) is 0 Å². The first-order valence-electron chi connectivity index (χ1n) is 9.66. The Hall–Kier alpha value is -3.12. The molecule has 6 nitrogen and oxygen atoms in total. The number of benzene rings is 2. The molecule has 1 aliphatic carbocycles. The van der Waals surface area contributed by atoms with Crippen LogP contribution in [0, 0.1) is 0 Å². The molecule has 1 aliphatic rings. The van der Waals surface area contributed by atoms with Crippen LogP contribution in [0.5, 0.6) is 0 Å². The lowest BCUT2D eigenvalue weighted by Crippen LogP contribution is -2.32. The van der Waals surface area contributed by atoms with Gasteiger partial charge in [-0.25, -0.2) is 5.10 Å². The molecule has 1 atom stereocenters. The van der Waals surface area contributed by atoms with Crippen molar-refractivity contribution in [2.24, 2.45) is 0 Å². The van der Waals surface area contributed by atoms with E-state index in [0.29, 0.717) is 21.5 Å². The summed E-state index contributed by atoms with van der Waals surface area (Å²) in [7, 11) is 0. The van der Waals surface area contributed by atoms with Gasteiger partial charge in [0, 0.05) is 16.5 Å². The lowest BCUT2D eigenvalue weighted by molar-refractivity contribution is -0.121. The van der Waals surface area contributed by atoms with E-state index in [1.54, 1.807) is 12.1 Å². The van der Waals surface area contributed by atoms with Crippen LogP contribution in [0.3, 0.4) is 0 Å². The van der Waals surface area contributed by atoms with Crippen molar-refractivity contribution in [2.45, 2.75) is 31.7 Å². The van der Waals surface area contributed by atoms with Crippen LogP contribution in [-0.2, 0) is 17.6 Å². The molecule has 2 aromatic carbocycles. The van der Waals surface area contributed by atoms with Gasteiger partial charge in [-0.2, -0.15) is 5.10 Å². The summed E-state index contributed by atoms with van der Waals surface area (Å²) in [6, 6.07) is 13.0. The van der Waals surface area contributed by atoms with Crippen LogP contribution in [0.2, 0.25) is 5.02 Å². The van der Waals surface area contributed by atoms with E-state index in [2.05, 4.69) is 26.6 Å². The number of H-pyrrole nitrogens is 2. The molecular formula is C22H19ClN4O2. The molecule has 5 rings (SSSR count). The standard InChI is InChI=1S/C22H19ClN4O2/c23-16-9-3-7-13-14-8-4-10-17(21(14)25-20(13)16)24-19(28)11-18-12-5-1-2-6-15(12)22(29)27-26-18/h1-3,5-7,9,17,25H,4,8,10-11H2,(H,24,28)(H,27,29). The van der Waals surface area contributed by atoms with Crippen LogP contribution >= 0.6 is 11.6 Å². The fourth-order valence-electron chi connectivity index (χ4n) is 4.30. The number of aromatic amines is 2. The highest BCUT2D eigenvalue weighted by Crippen LogP contribution is 2.37. The number of para-hydroxylation sites is 1. The van der Waals surface area contributed by atoms with Gasteiger partial charge in [0.05, 0.1) is 34.1 Å². The molecule has 2 aromatic heterocycles. The third-order valence-corrected chi connectivity index (χ3v) is 5.94. The summed E-state index contributed by atoms with van der Waals surface area (Å²) in [6.07, 6.45) is 2.93. The Bertz CT molecular complexity index is 1310. The topological polar surface area (TPSA) is 90.6 Å². The van der Waals surface area contributed by atoms with Crippen molar-refractivity contribution >= 4 is 39.2 Å². The highest BCUT2D eigenvalue weighted by molar-refractivity contribution is 6.35. The number of nitrogens with one attached hydrogen (secondary N) is 3. The van der Waals surface area contributed by atoms with Crippen LogP contribution < -0.4 is 10.9 Å². The number of fused-ring (bicyclic) bond motifs is 4. The fraction of sp³-hybridized carbons (Fsp3) is 0.227. The maximum Gasteiger partial charge on any atom is 0.272 e. The summed E-state index contributed by atoms with van der Waals surface area (Å²) in [5.74, 6) is -0.127. The Morgan fingerprint density at radius 3 is 2.79 bits per heavy atom. The molecule has 1 unspecified atom stereocenters. The third kappa shape index (κ3) is 3.09. The Kier molecular flexibility index (Phi) is 4.36. The van der Waals surface area contributed by atoms with Crippen molar-refractivity contribution in [2.75, 3.05) is 0 Å². The highest BCUT2D eigenvalue weighted by Gasteiger charge is 2.26. The van der Waals surface area contributed by atoms with Gasteiger partial charge in [0.25, 0.3) is 5.56 Å².